The summed E-state index contributed by atoms with van der Waals surface area (Å²) in [6.45, 7) is 2.87. The Hall–Kier alpha value is -3.55. The quantitative estimate of drug-likeness (QED) is 0.503. The molecule has 0 unspecified atom stereocenters. The molecule has 0 saturated heterocycles. The lowest BCUT2D eigenvalue weighted by atomic mass is 9.79. The summed E-state index contributed by atoms with van der Waals surface area (Å²) in [4.78, 5) is 33.5. The molecule has 4 rings (SSSR count). The second kappa shape index (κ2) is 10.6. The maximum Gasteiger partial charge on any atom is 0.260 e. The smallest absolute Gasteiger partial charge is 0.260 e. The van der Waals surface area contributed by atoms with Crippen LogP contribution in [0.1, 0.15) is 51.0 Å². The third-order valence-electron chi connectivity index (χ3n) is 6.09. The Morgan fingerprint density at radius 2 is 1.88 bits per heavy atom. The second-order valence-electron chi connectivity index (χ2n) is 8.42. The molecule has 0 radical (unpaired) electrons. The number of aryl methyl sites for hydroxylation is 1. The molecule has 0 aliphatic carbocycles. The maximum absolute atomic E-state index is 13.8. The number of nitrogens with one attached hydrogen (secondary N) is 1. The van der Waals surface area contributed by atoms with Crippen molar-refractivity contribution in [3.63, 3.8) is 0 Å². The van der Waals surface area contributed by atoms with Crippen LogP contribution < -0.4 is 10.2 Å². The molecule has 2 amide bonds. The molecule has 7 nitrogen and oxygen atoms in total. The predicted octanol–water partition coefficient (Wildman–Crippen LogP) is 3.52. The molecule has 2 aromatic carbocycles. The standard InChI is InChI=1S/C27H29N3O4/c1-18-8-13-23(29-16-18)30-25(20-11-9-19(17-31)10-12-20)24(26(32)28-14-5-15-34-2)21-6-3-4-7-22(21)27(30)33/h3-4,6-13,16,24-25,31H,5,14-15,17H2,1-2H3,(H,28,32)/t24-,25+/m1/s1. The van der Waals surface area contributed by atoms with Gasteiger partial charge in [0.05, 0.1) is 18.6 Å². The number of rotatable bonds is 8. The van der Waals surface area contributed by atoms with Gasteiger partial charge in [0.25, 0.3) is 5.91 Å². The number of hydrogen-bond donors (Lipinski definition) is 2. The first-order chi connectivity index (χ1) is 16.5. The van der Waals surface area contributed by atoms with Gasteiger partial charge in [0.15, 0.2) is 0 Å². The van der Waals surface area contributed by atoms with Gasteiger partial charge in [-0.1, -0.05) is 48.5 Å². The lowest BCUT2D eigenvalue weighted by molar-refractivity contribution is -0.123. The third kappa shape index (κ3) is 4.71. The average Bonchev–Trinajstić information content (AvgIpc) is 2.87. The summed E-state index contributed by atoms with van der Waals surface area (Å²) in [5, 5.41) is 12.5. The fraction of sp³-hybridized carbons (Fsp3) is 0.296. The minimum Gasteiger partial charge on any atom is -0.392 e. The van der Waals surface area contributed by atoms with E-state index in [4.69, 9.17) is 4.74 Å². The van der Waals surface area contributed by atoms with Crippen molar-refractivity contribution in [3.8, 4) is 0 Å². The normalized spacial score (nSPS) is 17.4. The Morgan fingerprint density at radius 3 is 2.56 bits per heavy atom. The fourth-order valence-electron chi connectivity index (χ4n) is 4.37. The van der Waals surface area contributed by atoms with Crippen LogP contribution in [-0.4, -0.2) is 42.2 Å². The molecule has 2 N–H and O–H groups in total. The zero-order valence-electron chi connectivity index (χ0n) is 19.4. The third-order valence-corrected chi connectivity index (χ3v) is 6.09. The molecule has 176 valence electrons. The van der Waals surface area contributed by atoms with Gasteiger partial charge in [-0.15, -0.1) is 0 Å². The number of benzene rings is 2. The van der Waals surface area contributed by atoms with E-state index in [0.717, 1.165) is 16.7 Å². The minimum atomic E-state index is -0.639. The van der Waals surface area contributed by atoms with E-state index in [2.05, 4.69) is 10.3 Å². The molecule has 0 fully saturated rings. The van der Waals surface area contributed by atoms with E-state index in [9.17, 15) is 14.7 Å². The van der Waals surface area contributed by atoms with Crippen molar-refractivity contribution in [1.29, 1.82) is 0 Å². The summed E-state index contributed by atoms with van der Waals surface area (Å²) >= 11 is 0. The van der Waals surface area contributed by atoms with Gasteiger partial charge in [-0.2, -0.15) is 0 Å². The first-order valence-electron chi connectivity index (χ1n) is 11.4. The van der Waals surface area contributed by atoms with E-state index in [1.54, 1.807) is 30.3 Å². The molecular weight excluding hydrogens is 430 g/mol. The van der Waals surface area contributed by atoms with Crippen molar-refractivity contribution < 1.29 is 19.4 Å². The van der Waals surface area contributed by atoms with E-state index in [1.807, 2.05) is 55.5 Å². The van der Waals surface area contributed by atoms with Gasteiger partial charge in [-0.05, 0) is 47.7 Å². The summed E-state index contributed by atoms with van der Waals surface area (Å²) < 4.78 is 5.10. The zero-order chi connectivity index (χ0) is 24.1. The van der Waals surface area contributed by atoms with Gasteiger partial charge >= 0.3 is 0 Å². The molecule has 1 aliphatic heterocycles. The Kier molecular flexibility index (Phi) is 7.35. The number of ether oxygens (including phenoxy) is 1. The van der Waals surface area contributed by atoms with E-state index in [-0.39, 0.29) is 18.4 Å². The van der Waals surface area contributed by atoms with Gasteiger partial charge in [-0.3, -0.25) is 14.5 Å². The van der Waals surface area contributed by atoms with Crippen LogP contribution in [-0.2, 0) is 16.1 Å². The highest BCUT2D eigenvalue weighted by molar-refractivity contribution is 6.11. The number of methoxy groups -OCH3 is 1. The molecule has 1 aromatic heterocycles. The Labute approximate surface area is 199 Å². The highest BCUT2D eigenvalue weighted by Gasteiger charge is 2.45. The van der Waals surface area contributed by atoms with E-state index >= 15 is 0 Å². The number of aromatic nitrogens is 1. The van der Waals surface area contributed by atoms with Crippen molar-refractivity contribution in [2.75, 3.05) is 25.2 Å². The molecule has 0 spiro atoms. The van der Waals surface area contributed by atoms with Crippen molar-refractivity contribution in [2.24, 2.45) is 0 Å². The molecule has 3 aromatic rings. The number of aliphatic hydroxyl groups excluding tert-OH is 1. The fourth-order valence-corrected chi connectivity index (χ4v) is 4.37. The van der Waals surface area contributed by atoms with Crippen LogP contribution in [0.15, 0.2) is 66.9 Å². The second-order valence-corrected chi connectivity index (χ2v) is 8.42. The molecular formula is C27H29N3O4. The zero-order valence-corrected chi connectivity index (χ0v) is 19.4. The number of fused-ring (bicyclic) bond motifs is 1. The highest BCUT2D eigenvalue weighted by Crippen LogP contribution is 2.44. The van der Waals surface area contributed by atoms with Gasteiger partial charge < -0.3 is 15.2 Å². The van der Waals surface area contributed by atoms with E-state index in [0.29, 0.717) is 36.5 Å². The Morgan fingerprint density at radius 1 is 1.12 bits per heavy atom. The summed E-state index contributed by atoms with van der Waals surface area (Å²) in [7, 11) is 1.63. The topological polar surface area (TPSA) is 91.8 Å². The van der Waals surface area contributed by atoms with Crippen LogP contribution in [0.2, 0.25) is 0 Å². The first-order valence-corrected chi connectivity index (χ1v) is 11.4. The first kappa shape index (κ1) is 23.6. The summed E-state index contributed by atoms with van der Waals surface area (Å²) in [6.07, 6.45) is 2.41. The number of carbonyl (C=O) groups excluding carboxylic acids is 2. The molecule has 34 heavy (non-hydrogen) atoms. The van der Waals surface area contributed by atoms with Gasteiger partial charge in [0.2, 0.25) is 5.91 Å². The number of aliphatic hydroxyl groups is 1. The highest BCUT2D eigenvalue weighted by atomic mass is 16.5. The number of hydrogen-bond acceptors (Lipinski definition) is 5. The SMILES string of the molecule is COCCCNC(=O)[C@@H]1c2ccccc2C(=O)N(c2ccc(C)cn2)[C@H]1c1ccc(CO)cc1. The van der Waals surface area contributed by atoms with E-state index in [1.165, 1.54) is 0 Å². The predicted molar refractivity (Wildman–Crippen MR) is 130 cm³/mol. The van der Waals surface area contributed by atoms with Crippen molar-refractivity contribution in [2.45, 2.75) is 31.9 Å². The van der Waals surface area contributed by atoms with Crippen molar-refractivity contribution in [1.82, 2.24) is 10.3 Å². The van der Waals surface area contributed by atoms with Crippen LogP contribution in [0.5, 0.6) is 0 Å². The molecule has 7 heteroatoms. The number of pyridine rings is 1. The largest absolute Gasteiger partial charge is 0.392 e. The summed E-state index contributed by atoms with van der Waals surface area (Å²) in [6, 6.07) is 17.7. The molecule has 2 heterocycles. The lowest BCUT2D eigenvalue weighted by Crippen LogP contribution is -2.48. The Bertz CT molecular complexity index is 1150. The molecule has 2 atom stereocenters. The van der Waals surface area contributed by atoms with Crippen LogP contribution in [0, 0.1) is 6.92 Å². The molecule has 0 bridgehead atoms. The van der Waals surface area contributed by atoms with Crippen LogP contribution >= 0.6 is 0 Å². The number of amides is 2. The number of anilines is 1. The maximum atomic E-state index is 13.8. The molecule has 0 saturated carbocycles. The van der Waals surface area contributed by atoms with Gasteiger partial charge in [-0.25, -0.2) is 4.98 Å². The monoisotopic (exact) mass is 459 g/mol. The van der Waals surface area contributed by atoms with Crippen molar-refractivity contribution >= 4 is 17.6 Å². The number of nitrogens with zero attached hydrogens (tertiary/aromatic N) is 2. The molecule has 1 aliphatic rings. The van der Waals surface area contributed by atoms with Crippen LogP contribution in [0.4, 0.5) is 5.82 Å². The lowest BCUT2D eigenvalue weighted by Gasteiger charge is -2.41. The van der Waals surface area contributed by atoms with E-state index < -0.39 is 12.0 Å². The van der Waals surface area contributed by atoms with Crippen LogP contribution in [0.3, 0.4) is 0 Å². The van der Waals surface area contributed by atoms with Crippen molar-refractivity contribution in [3.05, 3.63) is 94.7 Å². The van der Waals surface area contributed by atoms with Gasteiger partial charge in [0, 0.05) is 32.0 Å². The Balaban J connectivity index is 1.85. The average molecular weight is 460 g/mol. The number of carbonyl (C=O) groups is 2. The van der Waals surface area contributed by atoms with Crippen LogP contribution in [0.25, 0.3) is 0 Å². The minimum absolute atomic E-state index is 0.0840. The summed E-state index contributed by atoms with van der Waals surface area (Å²) in [5.41, 5.74) is 3.71. The van der Waals surface area contributed by atoms with Gasteiger partial charge in [0.1, 0.15) is 5.82 Å². The summed E-state index contributed by atoms with van der Waals surface area (Å²) in [5.74, 6) is -0.519.